The van der Waals surface area contributed by atoms with Gasteiger partial charge in [-0.3, -0.25) is 4.79 Å². The van der Waals surface area contributed by atoms with E-state index in [1.54, 1.807) is 41.7 Å². The van der Waals surface area contributed by atoms with Gasteiger partial charge in [0, 0.05) is 32.9 Å². The topological polar surface area (TPSA) is 67.8 Å². The first kappa shape index (κ1) is 17.8. The van der Waals surface area contributed by atoms with Gasteiger partial charge in [-0.1, -0.05) is 25.4 Å². The number of thioether (sulfide) groups is 1. The lowest BCUT2D eigenvalue weighted by molar-refractivity contribution is 0.102. The summed E-state index contributed by atoms with van der Waals surface area (Å²) < 4.78 is 0. The molecule has 1 aromatic carbocycles. The summed E-state index contributed by atoms with van der Waals surface area (Å²) in [6.45, 7) is 4.19. The molecule has 5 nitrogen and oxygen atoms in total. The number of benzene rings is 1. The van der Waals surface area contributed by atoms with Crippen molar-refractivity contribution in [3.63, 3.8) is 0 Å². The van der Waals surface area contributed by atoms with Gasteiger partial charge in [-0.15, -0.1) is 23.1 Å². The number of carbonyl (C=O) groups is 1. The zero-order valence-corrected chi connectivity index (χ0v) is 16.0. The summed E-state index contributed by atoms with van der Waals surface area (Å²) >= 11 is 9.07. The van der Waals surface area contributed by atoms with Gasteiger partial charge >= 0.3 is 0 Å². The van der Waals surface area contributed by atoms with Crippen molar-refractivity contribution >= 4 is 46.3 Å². The first-order valence-electron chi connectivity index (χ1n) is 7.53. The molecular weight excluding hydrogens is 376 g/mol. The van der Waals surface area contributed by atoms with Gasteiger partial charge in [0.1, 0.15) is 5.69 Å². The quantitative estimate of drug-likeness (QED) is 0.620. The fourth-order valence-electron chi connectivity index (χ4n) is 2.03. The fraction of sp³-hybridized carbons (Fsp3) is 0.176. The van der Waals surface area contributed by atoms with Crippen molar-refractivity contribution in [2.75, 3.05) is 5.32 Å². The van der Waals surface area contributed by atoms with Gasteiger partial charge in [-0.05, 0) is 24.3 Å². The Labute approximate surface area is 158 Å². The number of halogens is 1. The lowest BCUT2D eigenvalue weighted by atomic mass is 10.3. The van der Waals surface area contributed by atoms with Crippen LogP contribution >= 0.6 is 34.7 Å². The minimum Gasteiger partial charge on any atom is -0.320 e. The van der Waals surface area contributed by atoms with Crippen molar-refractivity contribution < 1.29 is 4.79 Å². The molecule has 0 aliphatic carbocycles. The summed E-state index contributed by atoms with van der Waals surface area (Å²) in [5, 5.41) is 6.15. The molecule has 1 amide bonds. The van der Waals surface area contributed by atoms with Crippen molar-refractivity contribution in [1.29, 1.82) is 0 Å². The number of amides is 1. The third kappa shape index (κ3) is 4.56. The Morgan fingerprint density at radius 1 is 1.28 bits per heavy atom. The average Bonchev–Trinajstić information content (AvgIpc) is 3.08. The molecule has 0 saturated carbocycles. The lowest BCUT2D eigenvalue weighted by Gasteiger charge is -2.12. The molecule has 8 heteroatoms. The minimum absolute atomic E-state index is 0.286. The van der Waals surface area contributed by atoms with Crippen LogP contribution < -0.4 is 5.32 Å². The highest BCUT2D eigenvalue weighted by Crippen LogP contribution is 2.33. The number of hydrogen-bond donors (Lipinski definition) is 1. The van der Waals surface area contributed by atoms with Crippen molar-refractivity contribution in [2.24, 2.45) is 0 Å². The summed E-state index contributed by atoms with van der Waals surface area (Å²) in [6, 6.07) is 7.21. The van der Waals surface area contributed by atoms with Crippen LogP contribution in [-0.4, -0.2) is 26.1 Å². The molecule has 0 fully saturated rings. The molecule has 3 aromatic rings. The largest absolute Gasteiger partial charge is 0.320 e. The van der Waals surface area contributed by atoms with E-state index < -0.39 is 0 Å². The highest BCUT2D eigenvalue weighted by molar-refractivity contribution is 8.00. The maximum atomic E-state index is 12.5. The predicted octanol–water partition coefficient (Wildman–Crippen LogP) is 5.01. The number of thiazole rings is 1. The number of rotatable bonds is 5. The van der Waals surface area contributed by atoms with Crippen LogP contribution in [0.2, 0.25) is 5.02 Å². The van der Waals surface area contributed by atoms with Crippen molar-refractivity contribution in [2.45, 2.75) is 24.0 Å². The highest BCUT2D eigenvalue weighted by Gasteiger charge is 2.15. The summed E-state index contributed by atoms with van der Waals surface area (Å²) in [4.78, 5) is 26.1. The van der Waals surface area contributed by atoms with E-state index in [-0.39, 0.29) is 5.91 Å². The Balaban J connectivity index is 1.81. The molecule has 0 saturated heterocycles. The predicted molar refractivity (Wildman–Crippen MR) is 104 cm³/mol. The van der Waals surface area contributed by atoms with E-state index >= 15 is 0 Å². The lowest BCUT2D eigenvalue weighted by Crippen LogP contribution is -2.13. The molecule has 25 heavy (non-hydrogen) atoms. The standard InChI is InChI=1S/C17H15ClN4OS2/c1-10(2)25-14-5-4-11(18)8-12(14)21-16(23)13-9-24-17(22-13)15-19-6-3-7-20-15/h3-10H,1-2H3,(H,21,23). The van der Waals surface area contributed by atoms with Crippen LogP contribution in [-0.2, 0) is 0 Å². The third-order valence-electron chi connectivity index (χ3n) is 3.05. The number of carbonyl (C=O) groups excluding carboxylic acids is 1. The van der Waals surface area contributed by atoms with Crippen molar-refractivity contribution in [3.05, 3.63) is 52.8 Å². The maximum absolute atomic E-state index is 12.5. The van der Waals surface area contributed by atoms with E-state index in [1.165, 1.54) is 11.3 Å². The smallest absolute Gasteiger partial charge is 0.275 e. The second-order valence-corrected chi connectivity index (χ2v) is 8.28. The van der Waals surface area contributed by atoms with Crippen LogP contribution in [0, 0.1) is 0 Å². The van der Waals surface area contributed by atoms with E-state index in [9.17, 15) is 4.79 Å². The van der Waals surface area contributed by atoms with Gasteiger partial charge in [0.15, 0.2) is 10.8 Å². The van der Waals surface area contributed by atoms with Gasteiger partial charge in [0.2, 0.25) is 0 Å². The molecular formula is C17H15ClN4OS2. The van der Waals surface area contributed by atoms with Gasteiger partial charge in [0.05, 0.1) is 5.69 Å². The molecule has 0 aliphatic heterocycles. The van der Waals surface area contributed by atoms with Crippen LogP contribution in [0.3, 0.4) is 0 Å². The number of anilines is 1. The van der Waals surface area contributed by atoms with Crippen LogP contribution in [0.25, 0.3) is 10.8 Å². The summed E-state index contributed by atoms with van der Waals surface area (Å²) in [7, 11) is 0. The first-order chi connectivity index (χ1) is 12.0. The minimum atomic E-state index is -0.286. The third-order valence-corrected chi connectivity index (χ3v) is 5.20. The van der Waals surface area contributed by atoms with Crippen LogP contribution in [0.15, 0.2) is 46.9 Å². The van der Waals surface area contributed by atoms with E-state index in [2.05, 4.69) is 34.1 Å². The van der Waals surface area contributed by atoms with Crippen molar-refractivity contribution in [3.8, 4) is 10.8 Å². The molecule has 0 aliphatic rings. The van der Waals surface area contributed by atoms with Crippen LogP contribution in [0.5, 0.6) is 0 Å². The maximum Gasteiger partial charge on any atom is 0.275 e. The number of nitrogens with zero attached hydrogens (tertiary/aromatic N) is 3. The molecule has 0 spiro atoms. The molecule has 0 radical (unpaired) electrons. The molecule has 0 bridgehead atoms. The van der Waals surface area contributed by atoms with Gasteiger partial charge in [-0.2, -0.15) is 0 Å². The molecule has 3 rings (SSSR count). The number of aromatic nitrogens is 3. The monoisotopic (exact) mass is 390 g/mol. The van der Waals surface area contributed by atoms with Crippen molar-refractivity contribution in [1.82, 2.24) is 15.0 Å². The second-order valence-electron chi connectivity index (χ2n) is 5.37. The van der Waals surface area contributed by atoms with Gasteiger partial charge < -0.3 is 5.32 Å². The Bertz CT molecular complexity index is 883. The average molecular weight is 391 g/mol. The Kier molecular flexibility index (Phi) is 5.67. The van der Waals surface area contributed by atoms with Gasteiger partial charge in [-0.25, -0.2) is 15.0 Å². The molecule has 0 unspecified atom stereocenters. The zero-order valence-electron chi connectivity index (χ0n) is 13.6. The summed E-state index contributed by atoms with van der Waals surface area (Å²) in [5.74, 6) is 0.219. The fourth-order valence-corrected chi connectivity index (χ4v) is 3.84. The van der Waals surface area contributed by atoms with E-state index in [0.29, 0.717) is 32.5 Å². The number of nitrogens with one attached hydrogen (secondary N) is 1. The summed E-state index contributed by atoms with van der Waals surface area (Å²) in [5.41, 5.74) is 1.01. The number of hydrogen-bond acceptors (Lipinski definition) is 6. The van der Waals surface area contributed by atoms with E-state index in [0.717, 1.165) is 4.90 Å². The summed E-state index contributed by atoms with van der Waals surface area (Å²) in [6.07, 6.45) is 3.29. The molecule has 1 N–H and O–H groups in total. The molecule has 2 heterocycles. The molecule has 0 atom stereocenters. The molecule has 128 valence electrons. The van der Waals surface area contributed by atoms with Crippen LogP contribution in [0.1, 0.15) is 24.3 Å². The normalized spacial score (nSPS) is 10.9. The Morgan fingerprint density at radius 3 is 2.76 bits per heavy atom. The second kappa shape index (κ2) is 7.95. The van der Waals surface area contributed by atoms with E-state index in [1.807, 2.05) is 12.1 Å². The SMILES string of the molecule is CC(C)Sc1ccc(Cl)cc1NC(=O)c1csc(-c2ncccn2)n1. The van der Waals surface area contributed by atoms with E-state index in [4.69, 9.17) is 11.6 Å². The Hall–Kier alpha value is -1.96. The highest BCUT2D eigenvalue weighted by atomic mass is 35.5. The molecule has 2 aromatic heterocycles. The Morgan fingerprint density at radius 2 is 2.04 bits per heavy atom. The van der Waals surface area contributed by atoms with Crippen LogP contribution in [0.4, 0.5) is 5.69 Å². The van der Waals surface area contributed by atoms with Gasteiger partial charge in [0.25, 0.3) is 5.91 Å². The first-order valence-corrected chi connectivity index (χ1v) is 9.67. The zero-order chi connectivity index (χ0) is 17.8.